The van der Waals surface area contributed by atoms with Crippen LogP contribution in [0, 0.1) is 6.92 Å². The van der Waals surface area contributed by atoms with Crippen LogP contribution in [0.15, 0.2) is 28.9 Å². The van der Waals surface area contributed by atoms with Gasteiger partial charge in [-0.05, 0) is 37.1 Å². The lowest BCUT2D eigenvalue weighted by Crippen LogP contribution is -2.20. The van der Waals surface area contributed by atoms with Gasteiger partial charge in [-0.15, -0.1) is 0 Å². The van der Waals surface area contributed by atoms with Crippen LogP contribution in [-0.4, -0.2) is 27.3 Å². The van der Waals surface area contributed by atoms with E-state index in [0.717, 1.165) is 40.0 Å². The lowest BCUT2D eigenvalue weighted by Gasteiger charge is -2.22. The Morgan fingerprint density at radius 2 is 2.08 bits per heavy atom. The molecule has 0 bridgehead atoms. The van der Waals surface area contributed by atoms with E-state index in [9.17, 15) is 4.79 Å². The van der Waals surface area contributed by atoms with Crippen LogP contribution >= 0.6 is 15.9 Å². The lowest BCUT2D eigenvalue weighted by atomic mass is 10.1. The van der Waals surface area contributed by atoms with E-state index in [0.29, 0.717) is 12.2 Å². The summed E-state index contributed by atoms with van der Waals surface area (Å²) in [6.45, 7) is 5.55. The molecule has 134 valence electrons. The maximum Gasteiger partial charge on any atom is 0.341 e. The highest BCUT2D eigenvalue weighted by molar-refractivity contribution is 9.10. The zero-order valence-electron chi connectivity index (χ0n) is 14.9. The van der Waals surface area contributed by atoms with Crippen LogP contribution in [0.5, 0.6) is 0 Å². The quantitative estimate of drug-likeness (QED) is 0.610. The zero-order chi connectivity index (χ0) is 18.4. The molecule has 0 atom stereocenters. The van der Waals surface area contributed by atoms with E-state index in [2.05, 4.69) is 43.0 Å². The largest absolute Gasteiger partial charge is 0.462 e. The number of aryl methyl sites for hydroxylation is 2. The van der Waals surface area contributed by atoms with Gasteiger partial charge in [0.05, 0.1) is 23.4 Å². The van der Waals surface area contributed by atoms with Gasteiger partial charge in [0.25, 0.3) is 0 Å². The number of ether oxygens (including phenoxy) is 1. The molecular formula is C19H19BrN4O2. The summed E-state index contributed by atoms with van der Waals surface area (Å²) in [6, 6.07) is 6.30. The molecule has 1 aromatic carbocycles. The summed E-state index contributed by atoms with van der Waals surface area (Å²) in [4.78, 5) is 19.3. The molecule has 0 N–H and O–H groups in total. The molecule has 0 spiro atoms. The summed E-state index contributed by atoms with van der Waals surface area (Å²) >= 11 is 3.54. The first-order valence-corrected chi connectivity index (χ1v) is 9.30. The zero-order valence-corrected chi connectivity index (χ0v) is 16.5. The second-order valence-electron chi connectivity index (χ2n) is 6.42. The Hall–Kier alpha value is -2.41. The third-order valence-corrected chi connectivity index (χ3v) is 5.20. The molecule has 0 saturated carbocycles. The standard InChI is InChI=1S/C19H19BrN4O2/c1-4-26-19(25)15-8-21-18-16(11(2)22-23(18)3)17(15)24-9-12-5-6-14(20)7-13(12)10-24/h5-8H,4,9-10H2,1-3H3. The van der Waals surface area contributed by atoms with Crippen LogP contribution in [0.25, 0.3) is 11.0 Å². The van der Waals surface area contributed by atoms with E-state index in [1.165, 1.54) is 11.1 Å². The topological polar surface area (TPSA) is 60.2 Å². The van der Waals surface area contributed by atoms with Gasteiger partial charge in [0.2, 0.25) is 0 Å². The molecule has 3 heterocycles. The number of anilines is 1. The first kappa shape index (κ1) is 17.0. The van der Waals surface area contributed by atoms with Gasteiger partial charge in [-0.1, -0.05) is 22.0 Å². The maximum atomic E-state index is 12.6. The van der Waals surface area contributed by atoms with Gasteiger partial charge < -0.3 is 9.64 Å². The highest BCUT2D eigenvalue weighted by atomic mass is 79.9. The predicted octanol–water partition coefficient (Wildman–Crippen LogP) is 3.74. The van der Waals surface area contributed by atoms with Crippen LogP contribution in [0.3, 0.4) is 0 Å². The third kappa shape index (κ3) is 2.67. The molecular weight excluding hydrogens is 396 g/mol. The van der Waals surface area contributed by atoms with Crippen molar-refractivity contribution in [1.82, 2.24) is 14.8 Å². The van der Waals surface area contributed by atoms with Gasteiger partial charge in [-0.2, -0.15) is 5.10 Å². The second-order valence-corrected chi connectivity index (χ2v) is 7.33. The van der Waals surface area contributed by atoms with Gasteiger partial charge in [0.1, 0.15) is 5.56 Å². The molecule has 3 aromatic rings. The number of benzene rings is 1. The molecule has 1 aliphatic heterocycles. The average molecular weight is 415 g/mol. The molecule has 0 aliphatic carbocycles. The van der Waals surface area contributed by atoms with Crippen molar-refractivity contribution in [2.75, 3.05) is 11.5 Å². The number of halogens is 1. The SMILES string of the molecule is CCOC(=O)c1cnc2c(c(C)nn2C)c1N1Cc2ccc(Br)cc2C1. The fourth-order valence-electron chi connectivity index (χ4n) is 3.60. The van der Waals surface area contributed by atoms with Gasteiger partial charge >= 0.3 is 5.97 Å². The maximum absolute atomic E-state index is 12.6. The molecule has 26 heavy (non-hydrogen) atoms. The van der Waals surface area contributed by atoms with E-state index < -0.39 is 0 Å². The normalized spacial score (nSPS) is 13.3. The first-order valence-electron chi connectivity index (χ1n) is 8.51. The molecule has 0 fully saturated rings. The van der Waals surface area contributed by atoms with Crippen molar-refractivity contribution in [3.05, 3.63) is 51.3 Å². The molecule has 6 nitrogen and oxygen atoms in total. The van der Waals surface area contributed by atoms with Crippen molar-refractivity contribution in [3.63, 3.8) is 0 Å². The van der Waals surface area contributed by atoms with Crippen molar-refractivity contribution in [1.29, 1.82) is 0 Å². The number of pyridine rings is 1. The van der Waals surface area contributed by atoms with Crippen molar-refractivity contribution >= 4 is 38.6 Å². The minimum Gasteiger partial charge on any atom is -0.462 e. The van der Waals surface area contributed by atoms with E-state index >= 15 is 0 Å². The minimum atomic E-state index is -0.350. The summed E-state index contributed by atoms with van der Waals surface area (Å²) < 4.78 is 8.09. The average Bonchev–Trinajstić information content (AvgIpc) is 3.15. The molecule has 0 amide bonds. The first-order chi connectivity index (χ1) is 12.5. The number of rotatable bonds is 3. The Bertz CT molecular complexity index is 1030. The molecule has 0 saturated heterocycles. The van der Waals surface area contributed by atoms with E-state index in [1.54, 1.807) is 10.9 Å². The molecule has 4 rings (SSSR count). The fraction of sp³-hybridized carbons (Fsp3) is 0.316. The van der Waals surface area contributed by atoms with E-state index in [4.69, 9.17) is 4.74 Å². The second kappa shape index (κ2) is 6.39. The molecule has 2 aromatic heterocycles. The fourth-order valence-corrected chi connectivity index (χ4v) is 4.01. The summed E-state index contributed by atoms with van der Waals surface area (Å²) in [7, 11) is 1.87. The number of hydrogen-bond acceptors (Lipinski definition) is 5. The lowest BCUT2D eigenvalue weighted by molar-refractivity contribution is 0.0526. The summed E-state index contributed by atoms with van der Waals surface area (Å²) in [5.74, 6) is -0.350. The highest BCUT2D eigenvalue weighted by Crippen LogP contribution is 2.37. The molecule has 7 heteroatoms. The third-order valence-electron chi connectivity index (χ3n) is 4.70. The van der Waals surface area contributed by atoms with E-state index in [-0.39, 0.29) is 5.97 Å². The predicted molar refractivity (Wildman–Crippen MR) is 103 cm³/mol. The van der Waals surface area contributed by atoms with E-state index in [1.807, 2.05) is 27.0 Å². The van der Waals surface area contributed by atoms with Crippen LogP contribution in [0.1, 0.15) is 34.1 Å². The Morgan fingerprint density at radius 3 is 2.85 bits per heavy atom. The number of fused-ring (bicyclic) bond motifs is 2. The van der Waals surface area contributed by atoms with Crippen molar-refractivity contribution in [2.24, 2.45) is 7.05 Å². The number of hydrogen-bond donors (Lipinski definition) is 0. The number of esters is 1. The van der Waals surface area contributed by atoms with Crippen LogP contribution in [-0.2, 0) is 24.9 Å². The minimum absolute atomic E-state index is 0.329. The Morgan fingerprint density at radius 1 is 1.31 bits per heavy atom. The Balaban J connectivity index is 1.90. The number of carbonyl (C=O) groups is 1. The molecule has 0 radical (unpaired) electrons. The molecule has 0 unspecified atom stereocenters. The number of nitrogens with zero attached hydrogens (tertiary/aromatic N) is 4. The van der Waals surface area contributed by atoms with Crippen LogP contribution in [0.2, 0.25) is 0 Å². The van der Waals surface area contributed by atoms with Crippen molar-refractivity contribution in [3.8, 4) is 0 Å². The van der Waals surface area contributed by atoms with Gasteiger partial charge in [0, 0.05) is 30.8 Å². The van der Waals surface area contributed by atoms with Gasteiger partial charge in [-0.25, -0.2) is 9.78 Å². The van der Waals surface area contributed by atoms with Crippen molar-refractivity contribution in [2.45, 2.75) is 26.9 Å². The Labute approximate surface area is 159 Å². The summed E-state index contributed by atoms with van der Waals surface area (Å²) in [6.07, 6.45) is 1.61. The number of aromatic nitrogens is 3. The van der Waals surface area contributed by atoms with Crippen LogP contribution < -0.4 is 4.90 Å². The Kier molecular flexibility index (Phi) is 4.19. The van der Waals surface area contributed by atoms with Crippen LogP contribution in [0.4, 0.5) is 5.69 Å². The van der Waals surface area contributed by atoms with Gasteiger partial charge in [0.15, 0.2) is 5.65 Å². The monoisotopic (exact) mass is 414 g/mol. The van der Waals surface area contributed by atoms with Crippen molar-refractivity contribution < 1.29 is 9.53 Å². The highest BCUT2D eigenvalue weighted by Gasteiger charge is 2.28. The molecule has 1 aliphatic rings. The van der Waals surface area contributed by atoms with Gasteiger partial charge in [-0.3, -0.25) is 4.68 Å². The summed E-state index contributed by atoms with van der Waals surface area (Å²) in [5, 5.41) is 5.41. The summed E-state index contributed by atoms with van der Waals surface area (Å²) in [5.41, 5.74) is 5.47. The smallest absolute Gasteiger partial charge is 0.341 e. The number of carbonyl (C=O) groups excluding carboxylic acids is 1.